The molecular formula is C32H66N2O4. The molecule has 0 N–H and O–H groups in total. The molecule has 0 saturated carbocycles. The molecule has 0 aromatic carbocycles. The van der Waals surface area contributed by atoms with E-state index in [1.54, 1.807) is 6.92 Å². The average molecular weight is 543 g/mol. The van der Waals surface area contributed by atoms with Gasteiger partial charge in [-0.05, 0) is 19.3 Å². The summed E-state index contributed by atoms with van der Waals surface area (Å²) in [6, 6.07) is -0.646. The van der Waals surface area contributed by atoms with Crippen LogP contribution in [0.15, 0.2) is 0 Å². The zero-order valence-corrected chi connectivity index (χ0v) is 26.1. The van der Waals surface area contributed by atoms with E-state index in [0.717, 1.165) is 51.4 Å². The molecule has 6 heteroatoms. The molecule has 2 unspecified atom stereocenters. The molecular weight excluding hydrogens is 476 g/mol. The Kier molecular flexibility index (Phi) is 32.8. The molecule has 0 fully saturated rings. The first kappa shape index (κ1) is 38.9. The van der Waals surface area contributed by atoms with Gasteiger partial charge in [0.1, 0.15) is 0 Å². The lowest BCUT2D eigenvalue weighted by molar-refractivity contribution is -0.524. The van der Waals surface area contributed by atoms with Crippen molar-refractivity contribution < 1.29 is 9.85 Å². The number of nitrogens with zero attached hydrogens (tertiary/aromatic N) is 2. The molecule has 0 saturated heterocycles. The van der Waals surface area contributed by atoms with Gasteiger partial charge in [0.25, 0.3) is 0 Å². The van der Waals surface area contributed by atoms with Gasteiger partial charge in [0, 0.05) is 36.0 Å². The zero-order chi connectivity index (χ0) is 28.7. The Balaban J connectivity index is 0. The fourth-order valence-electron chi connectivity index (χ4n) is 4.87. The van der Waals surface area contributed by atoms with Crippen LogP contribution in [0, 0.1) is 20.2 Å². The molecule has 0 amide bonds. The van der Waals surface area contributed by atoms with Crippen molar-refractivity contribution in [3.05, 3.63) is 20.2 Å². The third-order valence-electron chi connectivity index (χ3n) is 7.67. The van der Waals surface area contributed by atoms with Gasteiger partial charge in [-0.25, -0.2) is 0 Å². The molecule has 0 aliphatic rings. The van der Waals surface area contributed by atoms with Crippen LogP contribution < -0.4 is 0 Å². The van der Waals surface area contributed by atoms with Gasteiger partial charge >= 0.3 is 0 Å². The molecule has 228 valence electrons. The van der Waals surface area contributed by atoms with E-state index < -0.39 is 0 Å². The first-order valence-electron chi connectivity index (χ1n) is 16.7. The summed E-state index contributed by atoms with van der Waals surface area (Å²) in [5.41, 5.74) is 0. The first-order chi connectivity index (χ1) is 18.4. The van der Waals surface area contributed by atoms with Crippen LogP contribution in [0.3, 0.4) is 0 Å². The number of rotatable bonds is 28. The Morgan fingerprint density at radius 2 is 0.711 bits per heavy atom. The number of nitro groups is 2. The van der Waals surface area contributed by atoms with E-state index in [0.29, 0.717) is 0 Å². The van der Waals surface area contributed by atoms with Gasteiger partial charge in [0.15, 0.2) is 0 Å². The van der Waals surface area contributed by atoms with Crippen molar-refractivity contribution in [2.75, 3.05) is 0 Å². The highest BCUT2D eigenvalue weighted by Gasteiger charge is 2.18. The Morgan fingerprint density at radius 1 is 0.421 bits per heavy atom. The van der Waals surface area contributed by atoms with Crippen LogP contribution in [0.4, 0.5) is 0 Å². The van der Waals surface area contributed by atoms with Crippen molar-refractivity contribution in [3.63, 3.8) is 0 Å². The summed E-state index contributed by atoms with van der Waals surface area (Å²) in [6.07, 6.45) is 31.6. The smallest absolute Gasteiger partial charge is 0.213 e. The molecule has 0 radical (unpaired) electrons. The summed E-state index contributed by atoms with van der Waals surface area (Å²) < 4.78 is 0. The van der Waals surface area contributed by atoms with Gasteiger partial charge in [-0.3, -0.25) is 20.2 Å². The lowest BCUT2D eigenvalue weighted by Gasteiger charge is -2.08. The number of hydrogen-bond acceptors (Lipinski definition) is 4. The molecule has 0 rings (SSSR count). The van der Waals surface area contributed by atoms with E-state index in [-0.39, 0.29) is 21.9 Å². The minimum Gasteiger partial charge on any atom is -0.264 e. The molecule has 38 heavy (non-hydrogen) atoms. The lowest BCUT2D eigenvalue weighted by atomic mass is 10.0. The van der Waals surface area contributed by atoms with Crippen molar-refractivity contribution in [3.8, 4) is 0 Å². The molecule has 6 nitrogen and oxygen atoms in total. The second-order valence-corrected chi connectivity index (χ2v) is 11.5. The first-order valence-corrected chi connectivity index (χ1v) is 16.7. The minimum absolute atomic E-state index is 0.0661. The monoisotopic (exact) mass is 543 g/mol. The van der Waals surface area contributed by atoms with Gasteiger partial charge < -0.3 is 0 Å². The summed E-state index contributed by atoms with van der Waals surface area (Å²) in [5.74, 6) is 0. The Bertz CT molecular complexity index is 502. The quantitative estimate of drug-likeness (QED) is 0.0558. The maximum Gasteiger partial charge on any atom is 0.213 e. The van der Waals surface area contributed by atoms with Crippen molar-refractivity contribution >= 4 is 0 Å². The van der Waals surface area contributed by atoms with Crippen LogP contribution in [-0.2, 0) is 0 Å². The van der Waals surface area contributed by atoms with Crippen LogP contribution in [0.1, 0.15) is 195 Å². The molecule has 2 atom stereocenters. The van der Waals surface area contributed by atoms with Crippen molar-refractivity contribution in [1.29, 1.82) is 0 Å². The number of unbranched alkanes of at least 4 members (excludes halogenated alkanes) is 20. The van der Waals surface area contributed by atoms with Gasteiger partial charge in [-0.2, -0.15) is 0 Å². The van der Waals surface area contributed by atoms with Crippen LogP contribution in [0.2, 0.25) is 0 Å². The average Bonchev–Trinajstić information content (AvgIpc) is 2.90. The molecule has 0 aliphatic heterocycles. The minimum atomic E-state index is -0.358. The normalized spacial score (nSPS) is 12.5. The van der Waals surface area contributed by atoms with E-state index in [2.05, 4.69) is 20.8 Å². The lowest BCUT2D eigenvalue weighted by Crippen LogP contribution is -2.19. The highest BCUT2D eigenvalue weighted by Crippen LogP contribution is 2.16. The van der Waals surface area contributed by atoms with E-state index in [4.69, 9.17) is 0 Å². The largest absolute Gasteiger partial charge is 0.264 e. The zero-order valence-electron chi connectivity index (χ0n) is 26.1. The summed E-state index contributed by atoms with van der Waals surface area (Å²) in [7, 11) is 0. The van der Waals surface area contributed by atoms with Crippen molar-refractivity contribution in [2.24, 2.45) is 0 Å². The predicted molar refractivity (Wildman–Crippen MR) is 164 cm³/mol. The Hall–Kier alpha value is -1.20. The van der Waals surface area contributed by atoms with Crippen molar-refractivity contribution in [2.45, 2.75) is 207 Å². The summed E-state index contributed by atoms with van der Waals surface area (Å²) in [5, 5.41) is 21.3. The highest BCUT2D eigenvalue weighted by atomic mass is 16.6. The van der Waals surface area contributed by atoms with E-state index in [1.165, 1.54) is 116 Å². The summed E-state index contributed by atoms with van der Waals surface area (Å²) in [6.45, 7) is 8.30. The topological polar surface area (TPSA) is 86.3 Å². The van der Waals surface area contributed by atoms with Gasteiger partial charge in [0.2, 0.25) is 12.1 Å². The van der Waals surface area contributed by atoms with E-state index in [1.807, 2.05) is 0 Å². The maximum atomic E-state index is 10.9. The second-order valence-electron chi connectivity index (χ2n) is 11.5. The summed E-state index contributed by atoms with van der Waals surface area (Å²) in [4.78, 5) is 21.1. The van der Waals surface area contributed by atoms with E-state index in [9.17, 15) is 20.2 Å². The molecule has 0 aliphatic carbocycles. The molecule has 0 spiro atoms. The van der Waals surface area contributed by atoms with Crippen LogP contribution >= 0.6 is 0 Å². The molecule has 0 heterocycles. The van der Waals surface area contributed by atoms with E-state index >= 15 is 0 Å². The third kappa shape index (κ3) is 31.0. The Morgan fingerprint density at radius 3 is 1.03 bits per heavy atom. The molecule has 0 aromatic rings. The standard InChI is InChI=1S/C17H35NO2.C15H31NO2/c1-3-5-7-8-9-10-11-12-13-14-16-17(18(19)20)15-6-4-2;1-3-4-5-6-7-8-9-10-11-12-13-14-15(2)16(17)18/h17H,3-16H2,1-2H3;15H,3-14H2,1-2H3. The van der Waals surface area contributed by atoms with Gasteiger partial charge in [-0.15, -0.1) is 0 Å². The van der Waals surface area contributed by atoms with Gasteiger partial charge in [-0.1, -0.05) is 149 Å². The SMILES string of the molecule is CCCCCCCCCCCCC(CCCC)[N+](=O)[O-].CCCCCCCCCCCCCC(C)[N+](=O)[O-]. The molecule has 0 aromatic heterocycles. The number of hydrogen-bond donors (Lipinski definition) is 0. The third-order valence-corrected chi connectivity index (χ3v) is 7.67. The fourth-order valence-corrected chi connectivity index (χ4v) is 4.87. The predicted octanol–water partition coefficient (Wildman–Crippen LogP) is 11.5. The second kappa shape index (κ2) is 32.0. The van der Waals surface area contributed by atoms with Crippen LogP contribution in [0.5, 0.6) is 0 Å². The van der Waals surface area contributed by atoms with Crippen LogP contribution in [0.25, 0.3) is 0 Å². The van der Waals surface area contributed by atoms with Crippen LogP contribution in [-0.4, -0.2) is 21.9 Å². The van der Waals surface area contributed by atoms with Crippen molar-refractivity contribution in [1.82, 2.24) is 0 Å². The summed E-state index contributed by atoms with van der Waals surface area (Å²) >= 11 is 0. The molecule has 0 bridgehead atoms. The highest BCUT2D eigenvalue weighted by molar-refractivity contribution is 4.58. The maximum absolute atomic E-state index is 10.9. The fraction of sp³-hybridized carbons (Fsp3) is 1.00. The Labute approximate surface area is 236 Å². The van der Waals surface area contributed by atoms with Gasteiger partial charge in [0.05, 0.1) is 0 Å².